The maximum absolute atomic E-state index is 11.8. The highest BCUT2D eigenvalue weighted by Crippen LogP contribution is 2.46. The number of carbonyl (C=O) groups excluding carboxylic acids is 2. The molecule has 7 nitrogen and oxygen atoms in total. The Bertz CT molecular complexity index is 504. The summed E-state index contributed by atoms with van der Waals surface area (Å²) in [5.74, 6) is -2.17. The molecule has 0 saturated carbocycles. The SMILES string of the molecule is CC(=O)OCC1=C(C(=O)O)N2C(=O)C(N)(Cl)[C@H]2SC1. The third-order valence-electron chi connectivity index (χ3n) is 2.78. The van der Waals surface area contributed by atoms with Crippen molar-refractivity contribution in [3.63, 3.8) is 0 Å². The van der Waals surface area contributed by atoms with E-state index in [9.17, 15) is 19.5 Å². The van der Waals surface area contributed by atoms with Crippen LogP contribution in [0.3, 0.4) is 0 Å². The van der Waals surface area contributed by atoms with E-state index >= 15 is 0 Å². The molecule has 1 saturated heterocycles. The lowest BCUT2D eigenvalue weighted by atomic mass is 10.0. The highest BCUT2D eigenvalue weighted by atomic mass is 35.5. The van der Waals surface area contributed by atoms with Crippen LogP contribution in [0.2, 0.25) is 0 Å². The first-order chi connectivity index (χ1) is 8.76. The van der Waals surface area contributed by atoms with Crippen molar-refractivity contribution in [1.82, 2.24) is 4.90 Å². The van der Waals surface area contributed by atoms with Gasteiger partial charge in [-0.25, -0.2) is 4.79 Å². The molecule has 2 atom stereocenters. The highest BCUT2D eigenvalue weighted by Gasteiger charge is 2.62. The minimum Gasteiger partial charge on any atom is -0.477 e. The summed E-state index contributed by atoms with van der Waals surface area (Å²) < 4.78 is 4.78. The normalized spacial score (nSPS) is 29.7. The molecule has 0 aromatic rings. The van der Waals surface area contributed by atoms with Crippen LogP contribution in [0.4, 0.5) is 0 Å². The van der Waals surface area contributed by atoms with Crippen molar-refractivity contribution in [2.75, 3.05) is 12.4 Å². The summed E-state index contributed by atoms with van der Waals surface area (Å²) in [7, 11) is 0. The van der Waals surface area contributed by atoms with Gasteiger partial charge < -0.3 is 15.6 Å². The zero-order valence-corrected chi connectivity index (χ0v) is 11.5. The largest absolute Gasteiger partial charge is 0.477 e. The summed E-state index contributed by atoms with van der Waals surface area (Å²) in [5.41, 5.74) is 5.76. The van der Waals surface area contributed by atoms with Gasteiger partial charge in [-0.2, -0.15) is 0 Å². The molecular weight excluding hydrogens is 296 g/mol. The number of β-lactam (4-membered cyclic amide) rings is 1. The molecule has 3 N–H and O–H groups in total. The first-order valence-electron chi connectivity index (χ1n) is 5.28. The fourth-order valence-corrected chi connectivity index (χ4v) is 3.55. The second-order valence-corrected chi connectivity index (χ2v) is 5.84. The van der Waals surface area contributed by atoms with Crippen LogP contribution in [0.5, 0.6) is 0 Å². The second kappa shape index (κ2) is 4.69. The van der Waals surface area contributed by atoms with Crippen LogP contribution in [0.15, 0.2) is 11.3 Å². The molecule has 2 aliphatic rings. The second-order valence-electron chi connectivity index (χ2n) is 4.14. The molecule has 1 fully saturated rings. The molecule has 0 aromatic heterocycles. The first kappa shape index (κ1) is 14.2. The van der Waals surface area contributed by atoms with Gasteiger partial charge in [0.15, 0.2) is 0 Å². The summed E-state index contributed by atoms with van der Waals surface area (Å²) in [6.07, 6.45) is 0. The fraction of sp³-hybridized carbons (Fsp3) is 0.500. The summed E-state index contributed by atoms with van der Waals surface area (Å²) in [6.45, 7) is 1.05. The maximum atomic E-state index is 11.8. The number of carbonyl (C=O) groups is 3. The Balaban J connectivity index is 2.30. The van der Waals surface area contributed by atoms with Crippen molar-refractivity contribution in [3.8, 4) is 0 Å². The zero-order valence-electron chi connectivity index (χ0n) is 9.88. The molecule has 0 radical (unpaired) electrons. The van der Waals surface area contributed by atoms with Gasteiger partial charge in [0.1, 0.15) is 17.7 Å². The lowest BCUT2D eigenvalue weighted by Gasteiger charge is -2.52. The highest BCUT2D eigenvalue weighted by molar-refractivity contribution is 8.00. The van der Waals surface area contributed by atoms with E-state index in [2.05, 4.69) is 0 Å². The topological polar surface area (TPSA) is 110 Å². The molecule has 104 valence electrons. The Hall–Kier alpha value is -1.25. The van der Waals surface area contributed by atoms with Crippen molar-refractivity contribution in [3.05, 3.63) is 11.3 Å². The van der Waals surface area contributed by atoms with Gasteiger partial charge in [-0.3, -0.25) is 14.5 Å². The average molecular weight is 307 g/mol. The van der Waals surface area contributed by atoms with E-state index in [4.69, 9.17) is 22.1 Å². The number of fused-ring (bicyclic) bond motifs is 1. The number of hydrogen-bond donors (Lipinski definition) is 2. The summed E-state index contributed by atoms with van der Waals surface area (Å²) in [4.78, 5) is 33.3. The Labute approximate surface area is 117 Å². The number of halogens is 1. The van der Waals surface area contributed by atoms with E-state index in [0.29, 0.717) is 5.57 Å². The summed E-state index contributed by atoms with van der Waals surface area (Å²) >= 11 is 7.08. The van der Waals surface area contributed by atoms with E-state index in [0.717, 1.165) is 4.90 Å². The number of carboxylic acids is 1. The van der Waals surface area contributed by atoms with Crippen molar-refractivity contribution in [1.29, 1.82) is 0 Å². The third-order valence-corrected chi connectivity index (χ3v) is 4.70. The predicted octanol–water partition coefficient (Wildman–Crippen LogP) is -0.303. The predicted molar refractivity (Wildman–Crippen MR) is 67.2 cm³/mol. The number of carboxylic acid groups (broad SMARTS) is 1. The van der Waals surface area contributed by atoms with Crippen LogP contribution < -0.4 is 5.73 Å². The molecule has 0 bridgehead atoms. The number of esters is 1. The third kappa shape index (κ3) is 2.19. The number of aliphatic carboxylic acids is 1. The molecule has 0 aliphatic carbocycles. The minimum atomic E-state index is -1.57. The number of thioether (sulfide) groups is 1. The van der Waals surface area contributed by atoms with E-state index in [1.165, 1.54) is 18.7 Å². The van der Waals surface area contributed by atoms with E-state index in [1.807, 2.05) is 0 Å². The molecular formula is C10H11ClN2O5S. The summed E-state index contributed by atoms with van der Waals surface area (Å²) in [5, 5.41) is 8.58. The fourth-order valence-electron chi connectivity index (χ4n) is 1.90. The number of alkyl halides is 1. The number of amides is 1. The lowest BCUT2D eigenvalue weighted by Crippen LogP contribution is -2.75. The van der Waals surface area contributed by atoms with Crippen LogP contribution in [0, 0.1) is 0 Å². The Morgan fingerprint density at radius 1 is 1.68 bits per heavy atom. The first-order valence-corrected chi connectivity index (χ1v) is 6.71. The summed E-state index contributed by atoms with van der Waals surface area (Å²) in [6, 6.07) is 0. The van der Waals surface area contributed by atoms with E-state index in [-0.39, 0.29) is 18.1 Å². The van der Waals surface area contributed by atoms with Gasteiger partial charge >= 0.3 is 11.9 Å². The minimum absolute atomic E-state index is 0.166. The monoisotopic (exact) mass is 306 g/mol. The molecule has 9 heteroatoms. The number of rotatable bonds is 3. The van der Waals surface area contributed by atoms with Crippen molar-refractivity contribution in [2.24, 2.45) is 5.73 Å². The molecule has 0 spiro atoms. The zero-order chi connectivity index (χ0) is 14.4. The van der Waals surface area contributed by atoms with E-state index in [1.54, 1.807) is 0 Å². The van der Waals surface area contributed by atoms with Crippen LogP contribution in [-0.4, -0.2) is 50.6 Å². The quantitative estimate of drug-likeness (QED) is 0.319. The van der Waals surface area contributed by atoms with Gasteiger partial charge in [0.25, 0.3) is 5.91 Å². The van der Waals surface area contributed by atoms with Gasteiger partial charge in [-0.1, -0.05) is 11.6 Å². The van der Waals surface area contributed by atoms with Gasteiger partial charge in [0, 0.05) is 18.2 Å². The van der Waals surface area contributed by atoms with Crippen molar-refractivity contribution < 1.29 is 24.2 Å². The number of nitrogens with two attached hydrogens (primary N) is 1. The van der Waals surface area contributed by atoms with E-state index < -0.39 is 28.2 Å². The van der Waals surface area contributed by atoms with Crippen molar-refractivity contribution >= 4 is 41.2 Å². The molecule has 2 heterocycles. The van der Waals surface area contributed by atoms with Crippen LogP contribution >= 0.6 is 23.4 Å². The van der Waals surface area contributed by atoms with Crippen molar-refractivity contribution in [2.45, 2.75) is 17.3 Å². The van der Waals surface area contributed by atoms with Gasteiger partial charge in [0.05, 0.1) is 0 Å². The van der Waals surface area contributed by atoms with Gasteiger partial charge in [-0.05, 0) is 0 Å². The number of nitrogens with zero attached hydrogens (tertiary/aromatic N) is 1. The average Bonchev–Trinajstić information content (AvgIpc) is 2.34. The lowest BCUT2D eigenvalue weighted by molar-refractivity contribution is -0.150. The van der Waals surface area contributed by atoms with Crippen LogP contribution in [-0.2, 0) is 19.1 Å². The molecule has 2 rings (SSSR count). The standard InChI is InChI=1S/C10H11ClN2O5S/c1-4(14)18-2-5-3-19-9-10(11,12)8(17)13(9)6(5)7(15)16/h9H,2-3,12H2,1H3,(H,15,16)/t9-,10?/m1/s1. The maximum Gasteiger partial charge on any atom is 0.352 e. The molecule has 1 amide bonds. The van der Waals surface area contributed by atoms with Crippen LogP contribution in [0.25, 0.3) is 0 Å². The number of hydrogen-bond acceptors (Lipinski definition) is 6. The molecule has 2 aliphatic heterocycles. The molecule has 0 aromatic carbocycles. The van der Waals surface area contributed by atoms with Gasteiger partial charge in [-0.15, -0.1) is 11.8 Å². The van der Waals surface area contributed by atoms with Crippen LogP contribution in [0.1, 0.15) is 6.92 Å². The number of ether oxygens (including phenoxy) is 1. The smallest absolute Gasteiger partial charge is 0.352 e. The molecule has 19 heavy (non-hydrogen) atoms. The molecule has 1 unspecified atom stereocenters. The Morgan fingerprint density at radius 3 is 2.84 bits per heavy atom. The Kier molecular flexibility index (Phi) is 3.50. The Morgan fingerprint density at radius 2 is 2.32 bits per heavy atom. The van der Waals surface area contributed by atoms with Gasteiger partial charge in [0.2, 0.25) is 5.00 Å².